The maximum atomic E-state index is 13.6. The van der Waals surface area contributed by atoms with Gasteiger partial charge in [0.2, 0.25) is 12.7 Å². The zero-order chi connectivity index (χ0) is 25.7. The first-order valence-electron chi connectivity index (χ1n) is 12.1. The third kappa shape index (κ3) is 6.59. The third-order valence-electron chi connectivity index (χ3n) is 5.81. The summed E-state index contributed by atoms with van der Waals surface area (Å²) in [5, 5.41) is 2.92. The molecule has 0 radical (unpaired) electrons. The predicted molar refractivity (Wildman–Crippen MR) is 137 cm³/mol. The maximum absolute atomic E-state index is 13.6. The molecule has 2 heterocycles. The summed E-state index contributed by atoms with van der Waals surface area (Å²) in [5.41, 5.74) is 2.69. The van der Waals surface area contributed by atoms with Crippen molar-refractivity contribution in [1.82, 2.24) is 9.80 Å². The summed E-state index contributed by atoms with van der Waals surface area (Å²) in [6, 6.07) is 16.7. The number of nitrogens with zero attached hydrogens (tertiary/aromatic N) is 2. The molecule has 0 spiro atoms. The molecule has 8 heteroatoms. The Balaban J connectivity index is 1.51. The van der Waals surface area contributed by atoms with Gasteiger partial charge in [0.1, 0.15) is 18.1 Å². The lowest BCUT2D eigenvalue weighted by atomic mass is 10.1. The van der Waals surface area contributed by atoms with Crippen LogP contribution in [0.4, 0.5) is 10.5 Å². The fraction of sp³-hybridized carbons (Fsp3) is 0.357. The molecule has 1 aliphatic heterocycles. The van der Waals surface area contributed by atoms with Gasteiger partial charge in [-0.25, -0.2) is 4.79 Å². The van der Waals surface area contributed by atoms with E-state index in [4.69, 9.17) is 13.9 Å². The van der Waals surface area contributed by atoms with E-state index >= 15 is 0 Å². The number of hydrogen-bond acceptors (Lipinski definition) is 5. The fourth-order valence-electron chi connectivity index (χ4n) is 4.01. The number of fused-ring (bicyclic) bond motifs is 1. The van der Waals surface area contributed by atoms with E-state index in [9.17, 15) is 9.59 Å². The average Bonchev–Trinajstić information content (AvgIpc) is 3.47. The Labute approximate surface area is 211 Å². The molecular formula is C28H33N3O5. The number of ether oxygens (including phenoxy) is 2. The number of aryl methyl sites for hydroxylation is 2. The van der Waals surface area contributed by atoms with E-state index in [0.717, 1.165) is 16.9 Å². The standard InChI is InChI=1S/C28H33N3O5/c1-19(2)14-31(28(33)29-23-9-5-20(3)6-10-23)17-27(32)30(16-24-11-7-21(4)36-24)15-22-8-12-25-26(13-22)35-18-34-25/h5-13,19H,14-18H2,1-4H3,(H,29,33). The number of amides is 3. The number of carbonyl (C=O) groups is 2. The third-order valence-corrected chi connectivity index (χ3v) is 5.81. The molecule has 3 aromatic rings. The quantitative estimate of drug-likeness (QED) is 0.437. The van der Waals surface area contributed by atoms with E-state index in [-0.39, 0.29) is 37.7 Å². The minimum atomic E-state index is -0.308. The van der Waals surface area contributed by atoms with Crippen molar-refractivity contribution >= 4 is 17.6 Å². The predicted octanol–water partition coefficient (Wildman–Crippen LogP) is 5.34. The molecule has 0 fully saturated rings. The normalized spacial score (nSPS) is 12.0. The summed E-state index contributed by atoms with van der Waals surface area (Å²) in [7, 11) is 0. The van der Waals surface area contributed by atoms with Crippen LogP contribution in [-0.2, 0) is 17.9 Å². The van der Waals surface area contributed by atoms with Crippen molar-refractivity contribution in [2.45, 2.75) is 40.8 Å². The van der Waals surface area contributed by atoms with Crippen LogP contribution in [0.25, 0.3) is 0 Å². The fourth-order valence-corrected chi connectivity index (χ4v) is 4.01. The Kier molecular flexibility index (Phi) is 7.83. The first-order valence-corrected chi connectivity index (χ1v) is 12.1. The summed E-state index contributed by atoms with van der Waals surface area (Å²) in [5.74, 6) is 2.82. The smallest absolute Gasteiger partial charge is 0.322 e. The molecule has 0 saturated carbocycles. The van der Waals surface area contributed by atoms with Crippen LogP contribution < -0.4 is 14.8 Å². The monoisotopic (exact) mass is 491 g/mol. The zero-order valence-corrected chi connectivity index (χ0v) is 21.2. The number of rotatable bonds is 9. The number of hydrogen-bond donors (Lipinski definition) is 1. The van der Waals surface area contributed by atoms with Gasteiger partial charge in [0.05, 0.1) is 6.54 Å². The summed E-state index contributed by atoms with van der Waals surface area (Å²) in [6.45, 7) is 9.10. The van der Waals surface area contributed by atoms with Gasteiger partial charge in [-0.3, -0.25) is 4.79 Å². The molecule has 36 heavy (non-hydrogen) atoms. The Morgan fingerprint density at radius 2 is 1.67 bits per heavy atom. The second kappa shape index (κ2) is 11.2. The molecule has 0 unspecified atom stereocenters. The first kappa shape index (κ1) is 25.2. The lowest BCUT2D eigenvalue weighted by Gasteiger charge is -2.28. The highest BCUT2D eigenvalue weighted by molar-refractivity contribution is 5.92. The Morgan fingerprint density at radius 1 is 0.917 bits per heavy atom. The molecule has 1 N–H and O–H groups in total. The van der Waals surface area contributed by atoms with Gasteiger partial charge in [0.25, 0.3) is 0 Å². The van der Waals surface area contributed by atoms with E-state index in [1.807, 2.05) is 82.3 Å². The number of furan rings is 1. The second-order valence-electron chi connectivity index (χ2n) is 9.52. The topological polar surface area (TPSA) is 84.3 Å². The summed E-state index contributed by atoms with van der Waals surface area (Å²) >= 11 is 0. The van der Waals surface area contributed by atoms with Crippen molar-refractivity contribution in [2.24, 2.45) is 5.92 Å². The number of anilines is 1. The Morgan fingerprint density at radius 3 is 2.36 bits per heavy atom. The molecule has 3 amide bonds. The van der Waals surface area contributed by atoms with Gasteiger partial charge in [0.15, 0.2) is 11.5 Å². The number of urea groups is 1. The van der Waals surface area contributed by atoms with Gasteiger partial charge < -0.3 is 29.0 Å². The van der Waals surface area contributed by atoms with Gasteiger partial charge in [-0.15, -0.1) is 0 Å². The molecule has 190 valence electrons. The van der Waals surface area contributed by atoms with Crippen molar-refractivity contribution in [2.75, 3.05) is 25.2 Å². The molecule has 4 rings (SSSR count). The molecule has 2 aromatic carbocycles. The van der Waals surface area contributed by atoms with Gasteiger partial charge in [-0.2, -0.15) is 0 Å². The van der Waals surface area contributed by atoms with Crippen LogP contribution in [0.2, 0.25) is 0 Å². The van der Waals surface area contributed by atoms with E-state index in [2.05, 4.69) is 5.32 Å². The average molecular weight is 492 g/mol. The lowest BCUT2D eigenvalue weighted by molar-refractivity contribution is -0.133. The van der Waals surface area contributed by atoms with Crippen molar-refractivity contribution < 1.29 is 23.5 Å². The van der Waals surface area contributed by atoms with Crippen molar-refractivity contribution in [3.63, 3.8) is 0 Å². The van der Waals surface area contributed by atoms with Crippen molar-refractivity contribution in [1.29, 1.82) is 0 Å². The second-order valence-corrected chi connectivity index (χ2v) is 9.52. The first-order chi connectivity index (χ1) is 17.3. The molecule has 1 aromatic heterocycles. The van der Waals surface area contributed by atoms with Crippen LogP contribution in [0.15, 0.2) is 59.0 Å². The zero-order valence-electron chi connectivity index (χ0n) is 21.2. The lowest BCUT2D eigenvalue weighted by Crippen LogP contribution is -2.45. The van der Waals surface area contributed by atoms with Crippen molar-refractivity contribution in [3.05, 3.63) is 77.2 Å². The van der Waals surface area contributed by atoms with Crippen molar-refractivity contribution in [3.8, 4) is 11.5 Å². The van der Waals surface area contributed by atoms with Crippen LogP contribution in [0.1, 0.15) is 36.5 Å². The Bertz CT molecular complexity index is 1200. The van der Waals surface area contributed by atoms with Gasteiger partial charge >= 0.3 is 6.03 Å². The highest BCUT2D eigenvalue weighted by atomic mass is 16.7. The van der Waals surface area contributed by atoms with Gasteiger partial charge in [-0.05, 0) is 61.7 Å². The maximum Gasteiger partial charge on any atom is 0.322 e. The molecule has 8 nitrogen and oxygen atoms in total. The summed E-state index contributed by atoms with van der Waals surface area (Å²) in [4.78, 5) is 30.0. The molecule has 1 aliphatic rings. The van der Waals surface area contributed by atoms with Crippen LogP contribution in [0.3, 0.4) is 0 Å². The highest BCUT2D eigenvalue weighted by Crippen LogP contribution is 2.33. The van der Waals surface area contributed by atoms with E-state index < -0.39 is 0 Å². The van der Waals surface area contributed by atoms with Crippen LogP contribution in [-0.4, -0.2) is 41.6 Å². The Hall–Kier alpha value is -3.94. The molecule has 0 bridgehead atoms. The number of nitrogens with one attached hydrogen (secondary N) is 1. The van der Waals surface area contributed by atoms with E-state index in [1.54, 1.807) is 9.80 Å². The summed E-state index contributed by atoms with van der Waals surface area (Å²) in [6.07, 6.45) is 0. The van der Waals surface area contributed by atoms with Crippen LogP contribution in [0, 0.1) is 19.8 Å². The minimum Gasteiger partial charge on any atom is -0.464 e. The summed E-state index contributed by atoms with van der Waals surface area (Å²) < 4.78 is 16.7. The van der Waals surface area contributed by atoms with Crippen LogP contribution >= 0.6 is 0 Å². The van der Waals surface area contributed by atoms with E-state index in [1.165, 1.54) is 0 Å². The SMILES string of the molecule is Cc1ccc(NC(=O)N(CC(=O)N(Cc2ccc3c(c2)OCO3)Cc2ccc(C)o2)CC(C)C)cc1. The van der Waals surface area contributed by atoms with Gasteiger partial charge in [0, 0.05) is 18.8 Å². The van der Waals surface area contributed by atoms with E-state index in [0.29, 0.717) is 36.0 Å². The van der Waals surface area contributed by atoms with Gasteiger partial charge in [-0.1, -0.05) is 37.6 Å². The van der Waals surface area contributed by atoms with Crippen LogP contribution in [0.5, 0.6) is 11.5 Å². The highest BCUT2D eigenvalue weighted by Gasteiger charge is 2.24. The molecule has 0 aliphatic carbocycles. The number of benzene rings is 2. The minimum absolute atomic E-state index is 0.0554. The molecule has 0 atom stereocenters. The number of carbonyl (C=O) groups excluding carboxylic acids is 2. The largest absolute Gasteiger partial charge is 0.464 e. The molecule has 0 saturated heterocycles. The molecular weight excluding hydrogens is 458 g/mol.